The van der Waals surface area contributed by atoms with Gasteiger partial charge in [-0.05, 0) is 12.1 Å². The number of hydrogen-bond donors (Lipinski definition) is 1. The molecule has 0 aromatic carbocycles. The van der Waals surface area contributed by atoms with Crippen molar-refractivity contribution in [3.63, 3.8) is 0 Å². The van der Waals surface area contributed by atoms with Gasteiger partial charge in [-0.3, -0.25) is 4.98 Å². The third-order valence-corrected chi connectivity index (χ3v) is 2.50. The standard InChI is InChI=1S/C9H9N3OS/c10-9-8(14-6-12-9)5-13-7-2-1-3-11-4-7/h1-4,6H,5,10H2. The van der Waals surface area contributed by atoms with Crippen LogP contribution in [0, 0.1) is 0 Å². The summed E-state index contributed by atoms with van der Waals surface area (Å²) in [5.41, 5.74) is 7.31. The minimum absolute atomic E-state index is 0.447. The molecule has 0 amide bonds. The smallest absolute Gasteiger partial charge is 0.141 e. The Morgan fingerprint density at radius 1 is 1.50 bits per heavy atom. The molecule has 0 aliphatic carbocycles. The molecule has 72 valence electrons. The normalized spacial score (nSPS) is 10.0. The van der Waals surface area contributed by atoms with Crippen molar-refractivity contribution in [3.05, 3.63) is 34.9 Å². The van der Waals surface area contributed by atoms with Gasteiger partial charge < -0.3 is 10.5 Å². The predicted octanol–water partition coefficient (Wildman–Crippen LogP) is 1.70. The molecular formula is C9H9N3OS. The van der Waals surface area contributed by atoms with E-state index in [-0.39, 0.29) is 0 Å². The fraction of sp³-hybridized carbons (Fsp3) is 0.111. The number of nitrogen functional groups attached to an aromatic ring is 1. The van der Waals surface area contributed by atoms with Crippen LogP contribution in [0.15, 0.2) is 30.0 Å². The number of nitrogens with zero attached hydrogens (tertiary/aromatic N) is 2. The Morgan fingerprint density at radius 3 is 3.07 bits per heavy atom. The summed E-state index contributed by atoms with van der Waals surface area (Å²) in [7, 11) is 0. The fourth-order valence-electron chi connectivity index (χ4n) is 0.968. The number of pyridine rings is 1. The topological polar surface area (TPSA) is 61.0 Å². The van der Waals surface area contributed by atoms with Crippen molar-refractivity contribution < 1.29 is 4.74 Å². The molecule has 0 saturated heterocycles. The van der Waals surface area contributed by atoms with E-state index in [1.54, 1.807) is 17.9 Å². The Kier molecular flexibility index (Phi) is 2.60. The molecule has 2 rings (SSSR count). The van der Waals surface area contributed by atoms with Crippen LogP contribution in [0.5, 0.6) is 5.75 Å². The highest BCUT2D eigenvalue weighted by atomic mass is 32.1. The molecule has 0 aliphatic rings. The van der Waals surface area contributed by atoms with Gasteiger partial charge in [0.1, 0.15) is 18.2 Å². The van der Waals surface area contributed by atoms with Crippen molar-refractivity contribution in [3.8, 4) is 5.75 Å². The maximum Gasteiger partial charge on any atom is 0.141 e. The lowest BCUT2D eigenvalue weighted by atomic mass is 10.4. The van der Waals surface area contributed by atoms with Gasteiger partial charge >= 0.3 is 0 Å². The Hall–Kier alpha value is -1.62. The van der Waals surface area contributed by atoms with Crippen LogP contribution in [0.1, 0.15) is 4.88 Å². The van der Waals surface area contributed by atoms with Gasteiger partial charge in [-0.1, -0.05) is 0 Å². The maximum absolute atomic E-state index is 5.61. The monoisotopic (exact) mass is 207 g/mol. The third-order valence-electron chi connectivity index (χ3n) is 1.68. The van der Waals surface area contributed by atoms with Crippen LogP contribution in [0.25, 0.3) is 0 Å². The molecule has 0 saturated carbocycles. The average molecular weight is 207 g/mol. The molecular weight excluding hydrogens is 198 g/mol. The van der Waals surface area contributed by atoms with E-state index in [4.69, 9.17) is 10.5 Å². The van der Waals surface area contributed by atoms with Crippen LogP contribution in [0.3, 0.4) is 0 Å². The van der Waals surface area contributed by atoms with Gasteiger partial charge in [0.05, 0.1) is 16.6 Å². The van der Waals surface area contributed by atoms with Gasteiger partial charge in [-0.15, -0.1) is 11.3 Å². The summed E-state index contributed by atoms with van der Waals surface area (Å²) in [4.78, 5) is 8.81. The molecule has 0 spiro atoms. The number of anilines is 1. The molecule has 2 heterocycles. The number of rotatable bonds is 3. The Bertz CT molecular complexity index is 401. The molecule has 0 fully saturated rings. The lowest BCUT2D eigenvalue weighted by Gasteiger charge is -2.03. The van der Waals surface area contributed by atoms with E-state index in [9.17, 15) is 0 Å². The summed E-state index contributed by atoms with van der Waals surface area (Å²) in [5, 5.41) is 0. The zero-order valence-electron chi connectivity index (χ0n) is 7.38. The number of nitrogens with two attached hydrogens (primary N) is 1. The predicted molar refractivity (Wildman–Crippen MR) is 55.1 cm³/mol. The van der Waals surface area contributed by atoms with Gasteiger partial charge in [0.2, 0.25) is 0 Å². The summed E-state index contributed by atoms with van der Waals surface area (Å²) in [6.07, 6.45) is 3.37. The van der Waals surface area contributed by atoms with E-state index >= 15 is 0 Å². The van der Waals surface area contributed by atoms with Gasteiger partial charge in [0, 0.05) is 6.20 Å². The van der Waals surface area contributed by atoms with Gasteiger partial charge in [0.25, 0.3) is 0 Å². The summed E-state index contributed by atoms with van der Waals surface area (Å²) in [5.74, 6) is 1.28. The third kappa shape index (κ3) is 2.00. The van der Waals surface area contributed by atoms with Crippen molar-refractivity contribution in [2.75, 3.05) is 5.73 Å². The maximum atomic E-state index is 5.61. The van der Waals surface area contributed by atoms with Crippen LogP contribution in [-0.2, 0) is 6.61 Å². The molecule has 2 aromatic heterocycles. The SMILES string of the molecule is Nc1ncsc1COc1cccnc1. The first-order chi connectivity index (χ1) is 6.86. The molecule has 0 radical (unpaired) electrons. The van der Waals surface area contributed by atoms with Crippen LogP contribution in [0.4, 0.5) is 5.82 Å². The van der Waals surface area contributed by atoms with E-state index in [1.807, 2.05) is 12.1 Å². The van der Waals surface area contributed by atoms with Gasteiger partial charge in [-0.2, -0.15) is 0 Å². The van der Waals surface area contributed by atoms with Crippen molar-refractivity contribution in [2.45, 2.75) is 6.61 Å². The molecule has 2 N–H and O–H groups in total. The number of hydrogen-bond acceptors (Lipinski definition) is 5. The van der Waals surface area contributed by atoms with Crippen molar-refractivity contribution >= 4 is 17.2 Å². The minimum atomic E-state index is 0.447. The van der Waals surface area contributed by atoms with Crippen molar-refractivity contribution in [1.29, 1.82) is 0 Å². The lowest BCUT2D eigenvalue weighted by Crippen LogP contribution is -1.97. The first-order valence-corrected chi connectivity index (χ1v) is 4.95. The average Bonchev–Trinajstić information content (AvgIpc) is 2.63. The van der Waals surface area contributed by atoms with Crippen LogP contribution >= 0.6 is 11.3 Å². The summed E-state index contributed by atoms with van der Waals surface area (Å²) < 4.78 is 5.46. The Morgan fingerprint density at radius 2 is 2.43 bits per heavy atom. The highest BCUT2D eigenvalue weighted by Gasteiger charge is 2.02. The first-order valence-electron chi connectivity index (χ1n) is 4.07. The first kappa shape index (κ1) is 8.96. The Balaban J connectivity index is 1.99. The zero-order valence-corrected chi connectivity index (χ0v) is 8.20. The number of aromatic nitrogens is 2. The zero-order chi connectivity index (χ0) is 9.80. The second-order valence-corrected chi connectivity index (χ2v) is 3.58. The van der Waals surface area contributed by atoms with E-state index in [0.717, 1.165) is 10.6 Å². The molecule has 0 aliphatic heterocycles. The van der Waals surface area contributed by atoms with E-state index in [2.05, 4.69) is 9.97 Å². The Labute approximate surface area is 85.4 Å². The van der Waals surface area contributed by atoms with Gasteiger partial charge in [-0.25, -0.2) is 4.98 Å². The van der Waals surface area contributed by atoms with E-state index in [1.165, 1.54) is 11.3 Å². The molecule has 0 bridgehead atoms. The second-order valence-electron chi connectivity index (χ2n) is 2.64. The largest absolute Gasteiger partial charge is 0.486 e. The van der Waals surface area contributed by atoms with Gasteiger partial charge in [0.15, 0.2) is 0 Å². The molecule has 0 atom stereocenters. The molecule has 14 heavy (non-hydrogen) atoms. The van der Waals surface area contributed by atoms with Crippen LogP contribution < -0.4 is 10.5 Å². The molecule has 0 unspecified atom stereocenters. The van der Waals surface area contributed by atoms with Crippen molar-refractivity contribution in [2.24, 2.45) is 0 Å². The molecule has 4 nitrogen and oxygen atoms in total. The van der Waals surface area contributed by atoms with E-state index in [0.29, 0.717) is 12.4 Å². The summed E-state index contributed by atoms with van der Waals surface area (Å²) in [6.45, 7) is 0.447. The van der Waals surface area contributed by atoms with E-state index < -0.39 is 0 Å². The highest BCUT2D eigenvalue weighted by molar-refractivity contribution is 7.10. The van der Waals surface area contributed by atoms with Crippen LogP contribution in [-0.4, -0.2) is 9.97 Å². The fourth-order valence-corrected chi connectivity index (χ4v) is 1.56. The molecule has 2 aromatic rings. The number of thiazole rings is 1. The summed E-state index contributed by atoms with van der Waals surface area (Å²) >= 11 is 1.49. The lowest BCUT2D eigenvalue weighted by molar-refractivity contribution is 0.309. The van der Waals surface area contributed by atoms with Crippen LogP contribution in [0.2, 0.25) is 0 Å². The summed E-state index contributed by atoms with van der Waals surface area (Å²) in [6, 6.07) is 3.68. The molecule has 5 heteroatoms. The highest BCUT2D eigenvalue weighted by Crippen LogP contribution is 2.17. The quantitative estimate of drug-likeness (QED) is 0.832. The second kappa shape index (κ2) is 4.06. The minimum Gasteiger partial charge on any atom is -0.486 e. The number of ether oxygens (including phenoxy) is 1. The van der Waals surface area contributed by atoms with Crippen molar-refractivity contribution in [1.82, 2.24) is 9.97 Å².